The minimum Gasteiger partial charge on any atom is -0.493 e. The van der Waals surface area contributed by atoms with Gasteiger partial charge in [0.2, 0.25) is 10.5 Å². The maximum Gasteiger partial charge on any atom is 0.315 e. The zero-order valence-electron chi connectivity index (χ0n) is 15.6. The third-order valence-electron chi connectivity index (χ3n) is 3.82. The molecule has 1 aromatic carbocycles. The van der Waals surface area contributed by atoms with E-state index >= 15 is 0 Å². The fourth-order valence-corrected chi connectivity index (χ4v) is 2.64. The lowest BCUT2D eigenvalue weighted by Gasteiger charge is -2.11. The average Bonchev–Trinajstić information content (AvgIpc) is 3.03. The first-order valence-corrected chi connectivity index (χ1v) is 9.12. The van der Waals surface area contributed by atoms with Gasteiger partial charge in [-0.15, -0.1) is 0 Å². The Labute approximate surface area is 162 Å². The number of methoxy groups -OCH3 is 1. The fourth-order valence-electron chi connectivity index (χ4n) is 2.44. The highest BCUT2D eigenvalue weighted by Gasteiger charge is 2.22. The van der Waals surface area contributed by atoms with Crippen molar-refractivity contribution in [2.45, 2.75) is 39.5 Å². The predicted octanol–water partition coefficient (Wildman–Crippen LogP) is 3.87. The van der Waals surface area contributed by atoms with Crippen LogP contribution < -0.4 is 9.47 Å². The van der Waals surface area contributed by atoms with Gasteiger partial charge in [-0.1, -0.05) is 26.7 Å². The van der Waals surface area contributed by atoms with Crippen molar-refractivity contribution in [1.82, 2.24) is 14.9 Å². The van der Waals surface area contributed by atoms with E-state index in [1.54, 1.807) is 6.07 Å². The Kier molecular flexibility index (Phi) is 7.47. The number of hydrogen-bond donors (Lipinski definition) is 1. The van der Waals surface area contributed by atoms with Gasteiger partial charge < -0.3 is 9.47 Å². The van der Waals surface area contributed by atoms with Gasteiger partial charge in [0.1, 0.15) is 0 Å². The Balaban J connectivity index is 2.36. The van der Waals surface area contributed by atoms with Crippen LogP contribution in [0.4, 0.5) is 5.69 Å². The molecule has 0 atom stereocenters. The van der Waals surface area contributed by atoms with Crippen molar-refractivity contribution in [2.75, 3.05) is 13.7 Å². The fraction of sp³-hybridized carbons (Fsp3) is 0.471. The number of nitrogens with one attached hydrogen (secondary N) is 1. The van der Waals surface area contributed by atoms with Crippen molar-refractivity contribution in [3.8, 4) is 11.5 Å². The summed E-state index contributed by atoms with van der Waals surface area (Å²) in [6, 6.07) is 3.04. The van der Waals surface area contributed by atoms with Crippen molar-refractivity contribution < 1.29 is 14.4 Å². The highest BCUT2D eigenvalue weighted by Crippen LogP contribution is 2.38. The molecule has 1 N–H and O–H groups in total. The largest absolute Gasteiger partial charge is 0.493 e. The maximum atomic E-state index is 11.5. The second-order valence-electron chi connectivity index (χ2n) is 5.74. The number of unbranched alkanes of at least 4 members (excludes halogenated alkanes) is 2. The van der Waals surface area contributed by atoms with Gasteiger partial charge in [-0.3, -0.25) is 15.2 Å². The van der Waals surface area contributed by atoms with Crippen LogP contribution in [0.25, 0.3) is 0 Å². The van der Waals surface area contributed by atoms with Crippen molar-refractivity contribution in [1.29, 1.82) is 0 Å². The summed E-state index contributed by atoms with van der Waals surface area (Å²) in [5.74, 6) is 1.08. The second kappa shape index (κ2) is 9.81. The molecule has 1 heterocycles. The number of rotatable bonds is 10. The molecule has 0 aliphatic rings. The number of benzene rings is 1. The molecule has 2 aromatic rings. The second-order valence-corrected chi connectivity index (χ2v) is 6.13. The van der Waals surface area contributed by atoms with Crippen LogP contribution in [0.1, 0.15) is 44.5 Å². The topological polar surface area (TPSA) is 108 Å². The number of aromatic nitrogens is 3. The van der Waals surface area contributed by atoms with Crippen LogP contribution in [0, 0.1) is 14.9 Å². The van der Waals surface area contributed by atoms with Crippen LogP contribution in [-0.2, 0) is 6.42 Å². The molecule has 0 unspecified atom stereocenters. The lowest BCUT2D eigenvalue weighted by atomic mass is 10.2. The Morgan fingerprint density at radius 2 is 2.19 bits per heavy atom. The Morgan fingerprint density at radius 3 is 2.81 bits per heavy atom. The van der Waals surface area contributed by atoms with Crippen molar-refractivity contribution in [3.63, 3.8) is 0 Å². The lowest BCUT2D eigenvalue weighted by molar-refractivity contribution is -0.386. The first kappa shape index (κ1) is 20.6. The molecule has 0 saturated carbocycles. The maximum absolute atomic E-state index is 11.5. The first-order valence-electron chi connectivity index (χ1n) is 8.71. The van der Waals surface area contributed by atoms with Crippen LogP contribution in [0.5, 0.6) is 11.5 Å². The van der Waals surface area contributed by atoms with E-state index in [0.29, 0.717) is 29.2 Å². The van der Waals surface area contributed by atoms with Crippen LogP contribution in [-0.4, -0.2) is 39.7 Å². The number of aromatic amines is 1. The van der Waals surface area contributed by atoms with Crippen molar-refractivity contribution in [3.05, 3.63) is 38.4 Å². The molecule has 0 radical (unpaired) electrons. The summed E-state index contributed by atoms with van der Waals surface area (Å²) >= 11 is 5.14. The molecular weight excluding hydrogens is 370 g/mol. The Morgan fingerprint density at radius 1 is 1.41 bits per heavy atom. The van der Waals surface area contributed by atoms with Gasteiger partial charge in [0, 0.05) is 18.1 Å². The summed E-state index contributed by atoms with van der Waals surface area (Å²) in [4.78, 5) is 11.0. The zero-order valence-corrected chi connectivity index (χ0v) is 16.4. The standard InChI is InChI=1S/C17H23N5O4S/c1-4-6-7-8-26-16-13(22(23)24)9-12(10-14(16)25-3)11-18-21-15(5-2)19-20-17(21)27/h9-11H,4-8H2,1-3H3,(H,20,27)/b18-11-. The summed E-state index contributed by atoms with van der Waals surface area (Å²) in [5.41, 5.74) is 0.323. The van der Waals surface area contributed by atoms with Crippen molar-refractivity contribution >= 4 is 24.1 Å². The van der Waals surface area contributed by atoms with Crippen LogP contribution >= 0.6 is 12.2 Å². The van der Waals surface area contributed by atoms with Gasteiger partial charge in [-0.05, 0) is 24.7 Å². The zero-order chi connectivity index (χ0) is 19.8. The Hall–Kier alpha value is -2.75. The van der Waals surface area contributed by atoms with E-state index in [9.17, 15) is 10.1 Å². The summed E-state index contributed by atoms with van der Waals surface area (Å²) < 4.78 is 12.8. The number of hydrogen-bond acceptors (Lipinski definition) is 7. The number of nitro groups is 1. The van der Waals surface area contributed by atoms with Gasteiger partial charge in [0.15, 0.2) is 11.6 Å². The average molecular weight is 393 g/mol. The molecule has 2 rings (SSSR count). The molecule has 0 spiro atoms. The van der Waals surface area contributed by atoms with Gasteiger partial charge in [0.25, 0.3) is 0 Å². The smallest absolute Gasteiger partial charge is 0.315 e. The molecule has 0 bridgehead atoms. The van der Waals surface area contributed by atoms with Crippen molar-refractivity contribution in [2.24, 2.45) is 5.10 Å². The first-order chi connectivity index (χ1) is 13.0. The van der Waals surface area contributed by atoms with E-state index in [0.717, 1.165) is 19.3 Å². The molecule has 0 amide bonds. The van der Waals surface area contributed by atoms with Gasteiger partial charge in [-0.25, -0.2) is 0 Å². The third kappa shape index (κ3) is 5.13. The van der Waals surface area contributed by atoms with Gasteiger partial charge in [-0.2, -0.15) is 14.9 Å². The lowest BCUT2D eigenvalue weighted by Crippen LogP contribution is -2.04. The number of nitro benzene ring substituents is 1. The van der Waals surface area contributed by atoms with E-state index in [1.165, 1.54) is 24.1 Å². The highest BCUT2D eigenvalue weighted by molar-refractivity contribution is 7.71. The molecule has 1 aromatic heterocycles. The summed E-state index contributed by atoms with van der Waals surface area (Å²) in [6.45, 7) is 4.39. The molecule has 0 fully saturated rings. The monoisotopic (exact) mass is 393 g/mol. The summed E-state index contributed by atoms with van der Waals surface area (Å²) in [7, 11) is 1.44. The number of H-pyrrole nitrogens is 1. The van der Waals surface area contributed by atoms with E-state index in [1.807, 2.05) is 6.92 Å². The quantitative estimate of drug-likeness (QED) is 0.216. The SMILES string of the molecule is CCCCCOc1c(OC)cc(/C=N\n2c(CC)n[nH]c2=S)cc1[N+](=O)[O-]. The van der Waals surface area contributed by atoms with Gasteiger partial charge >= 0.3 is 5.69 Å². The molecule has 146 valence electrons. The van der Waals surface area contributed by atoms with Crippen LogP contribution in [0.2, 0.25) is 0 Å². The third-order valence-corrected chi connectivity index (χ3v) is 4.09. The van der Waals surface area contributed by atoms with Gasteiger partial charge in [0.05, 0.1) is 24.9 Å². The number of ether oxygens (including phenoxy) is 2. The van der Waals surface area contributed by atoms with Crippen LogP contribution in [0.15, 0.2) is 17.2 Å². The van der Waals surface area contributed by atoms with E-state index < -0.39 is 4.92 Å². The van der Waals surface area contributed by atoms with E-state index in [-0.39, 0.29) is 17.2 Å². The number of nitrogens with zero attached hydrogens (tertiary/aromatic N) is 4. The minimum atomic E-state index is -0.490. The van der Waals surface area contributed by atoms with E-state index in [4.69, 9.17) is 21.7 Å². The Bertz CT molecular complexity index is 875. The molecular formula is C17H23N5O4S. The van der Waals surface area contributed by atoms with E-state index in [2.05, 4.69) is 22.2 Å². The summed E-state index contributed by atoms with van der Waals surface area (Å²) in [6.07, 6.45) is 4.96. The molecule has 9 nitrogen and oxygen atoms in total. The minimum absolute atomic E-state index is 0.130. The highest BCUT2D eigenvalue weighted by atomic mass is 32.1. The predicted molar refractivity (Wildman–Crippen MR) is 104 cm³/mol. The van der Waals surface area contributed by atoms with Crippen LogP contribution in [0.3, 0.4) is 0 Å². The summed E-state index contributed by atoms with van der Waals surface area (Å²) in [5, 5.41) is 22.5. The number of aryl methyl sites for hydroxylation is 1. The normalized spacial score (nSPS) is 11.1. The molecule has 27 heavy (non-hydrogen) atoms. The molecule has 0 saturated heterocycles. The molecule has 0 aliphatic heterocycles. The molecule has 10 heteroatoms. The molecule has 0 aliphatic carbocycles.